The van der Waals surface area contributed by atoms with Crippen LogP contribution in [0.5, 0.6) is 0 Å². The number of aryl methyl sites for hydroxylation is 2. The van der Waals surface area contributed by atoms with Crippen molar-refractivity contribution < 1.29 is 18.6 Å². The molecule has 0 radical (unpaired) electrons. The van der Waals surface area contributed by atoms with E-state index in [-0.39, 0.29) is 23.7 Å². The third kappa shape index (κ3) is 4.71. The monoisotopic (exact) mass is 360 g/mol. The molecule has 140 valence electrons. The Morgan fingerprint density at radius 2 is 1.42 bits per heavy atom. The van der Waals surface area contributed by atoms with Gasteiger partial charge in [-0.3, -0.25) is 9.59 Å². The van der Waals surface area contributed by atoms with Crippen LogP contribution in [0.1, 0.15) is 48.6 Å². The van der Waals surface area contributed by atoms with E-state index in [1.807, 2.05) is 13.8 Å². The molecule has 3 rings (SSSR count). The van der Waals surface area contributed by atoms with Crippen LogP contribution in [0.25, 0.3) is 0 Å². The summed E-state index contributed by atoms with van der Waals surface area (Å²) in [6.45, 7) is 4.30. The number of hydrogen-bond donors (Lipinski definition) is 2. The van der Waals surface area contributed by atoms with Crippen molar-refractivity contribution in [3.05, 3.63) is 35.0 Å². The molecule has 2 unspecified atom stereocenters. The minimum Gasteiger partial charge on any atom is -0.361 e. The third-order valence-corrected chi connectivity index (χ3v) is 4.66. The van der Waals surface area contributed by atoms with Gasteiger partial charge in [-0.25, -0.2) is 0 Å². The van der Waals surface area contributed by atoms with E-state index in [1.165, 1.54) is 0 Å². The number of nitrogens with one attached hydrogen (secondary N) is 2. The van der Waals surface area contributed by atoms with E-state index in [0.717, 1.165) is 19.3 Å². The van der Waals surface area contributed by atoms with Crippen LogP contribution in [-0.2, 0) is 22.7 Å². The molecule has 0 aliphatic heterocycles. The van der Waals surface area contributed by atoms with Gasteiger partial charge >= 0.3 is 0 Å². The van der Waals surface area contributed by atoms with E-state index >= 15 is 0 Å². The second kappa shape index (κ2) is 8.16. The van der Waals surface area contributed by atoms with Crippen LogP contribution in [0.15, 0.2) is 21.2 Å². The van der Waals surface area contributed by atoms with Gasteiger partial charge in [0, 0.05) is 24.0 Å². The number of carbonyl (C=O) groups is 2. The Kier molecular flexibility index (Phi) is 5.70. The number of carbonyl (C=O) groups excluding carboxylic acids is 2. The van der Waals surface area contributed by atoms with E-state index < -0.39 is 0 Å². The maximum Gasteiger partial charge on any atom is 0.223 e. The fourth-order valence-corrected chi connectivity index (χ4v) is 3.31. The first-order chi connectivity index (χ1) is 12.5. The first-order valence-electron chi connectivity index (χ1n) is 8.91. The molecule has 2 N–H and O–H groups in total. The van der Waals surface area contributed by atoms with Crippen LogP contribution < -0.4 is 10.6 Å². The molecule has 2 atom stereocenters. The van der Waals surface area contributed by atoms with Gasteiger partial charge in [-0.2, -0.15) is 0 Å². The first kappa shape index (κ1) is 18.2. The highest BCUT2D eigenvalue weighted by molar-refractivity contribution is 5.82. The van der Waals surface area contributed by atoms with Gasteiger partial charge < -0.3 is 19.7 Å². The highest BCUT2D eigenvalue weighted by Crippen LogP contribution is 2.29. The second-order valence-electron chi connectivity index (χ2n) is 6.85. The lowest BCUT2D eigenvalue weighted by atomic mass is 9.80. The molecule has 2 aromatic rings. The van der Waals surface area contributed by atoms with Crippen molar-refractivity contribution in [3.8, 4) is 0 Å². The predicted octanol–water partition coefficient (Wildman–Crippen LogP) is 2.02. The van der Waals surface area contributed by atoms with Gasteiger partial charge in [0.1, 0.15) is 22.9 Å². The maximum absolute atomic E-state index is 12.4. The molecule has 0 bridgehead atoms. The van der Waals surface area contributed by atoms with E-state index in [0.29, 0.717) is 42.4 Å². The summed E-state index contributed by atoms with van der Waals surface area (Å²) in [7, 11) is 0. The Morgan fingerprint density at radius 3 is 1.81 bits per heavy atom. The largest absolute Gasteiger partial charge is 0.361 e. The number of hydrogen-bond acceptors (Lipinski definition) is 6. The van der Waals surface area contributed by atoms with Gasteiger partial charge in [0.25, 0.3) is 0 Å². The maximum atomic E-state index is 12.4. The van der Waals surface area contributed by atoms with Gasteiger partial charge in [0.2, 0.25) is 11.8 Å². The Labute approximate surface area is 151 Å². The Morgan fingerprint density at radius 1 is 0.962 bits per heavy atom. The molecule has 26 heavy (non-hydrogen) atoms. The van der Waals surface area contributed by atoms with Crippen molar-refractivity contribution in [2.45, 2.75) is 52.6 Å². The lowest BCUT2D eigenvalue weighted by Gasteiger charge is -2.27. The lowest BCUT2D eigenvalue weighted by molar-refractivity contribution is -0.130. The quantitative estimate of drug-likeness (QED) is 0.815. The molecule has 1 fully saturated rings. The summed E-state index contributed by atoms with van der Waals surface area (Å²) < 4.78 is 9.98. The van der Waals surface area contributed by atoms with E-state index in [9.17, 15) is 9.59 Å². The zero-order chi connectivity index (χ0) is 18.5. The topological polar surface area (TPSA) is 110 Å². The minimum absolute atomic E-state index is 0.0321. The van der Waals surface area contributed by atoms with Crippen molar-refractivity contribution >= 4 is 11.8 Å². The van der Waals surface area contributed by atoms with Gasteiger partial charge in [0.05, 0.1) is 13.1 Å². The van der Waals surface area contributed by atoms with Crippen LogP contribution in [-0.4, -0.2) is 22.1 Å². The zero-order valence-corrected chi connectivity index (χ0v) is 15.1. The van der Waals surface area contributed by atoms with Crippen molar-refractivity contribution in [1.82, 2.24) is 20.9 Å². The van der Waals surface area contributed by atoms with Crippen LogP contribution in [0.4, 0.5) is 0 Å². The first-order valence-corrected chi connectivity index (χ1v) is 8.91. The Bertz CT molecular complexity index is 705. The van der Waals surface area contributed by atoms with Crippen LogP contribution in [0.2, 0.25) is 0 Å². The number of aromatic nitrogens is 2. The Balaban J connectivity index is 1.46. The normalized spacial score (nSPS) is 19.9. The molecule has 1 saturated carbocycles. The lowest BCUT2D eigenvalue weighted by Crippen LogP contribution is -2.38. The van der Waals surface area contributed by atoms with Crippen molar-refractivity contribution in [3.63, 3.8) is 0 Å². The summed E-state index contributed by atoms with van der Waals surface area (Å²) >= 11 is 0. The summed E-state index contributed by atoms with van der Waals surface area (Å²) in [6.07, 6.45) is 3.03. The Hall–Kier alpha value is -2.64. The molecule has 2 heterocycles. The summed E-state index contributed by atoms with van der Waals surface area (Å²) in [5, 5.41) is 13.5. The molecular weight excluding hydrogens is 336 g/mol. The molecule has 2 aromatic heterocycles. The highest BCUT2D eigenvalue weighted by Gasteiger charge is 2.31. The van der Waals surface area contributed by atoms with Crippen LogP contribution >= 0.6 is 0 Å². The molecule has 2 amide bonds. The predicted molar refractivity (Wildman–Crippen MR) is 91.6 cm³/mol. The third-order valence-electron chi connectivity index (χ3n) is 4.66. The average Bonchev–Trinajstić information content (AvgIpc) is 3.25. The molecule has 0 aromatic carbocycles. The summed E-state index contributed by atoms with van der Waals surface area (Å²) in [5.41, 5.74) is 1.40. The highest BCUT2D eigenvalue weighted by atomic mass is 16.5. The summed E-state index contributed by atoms with van der Waals surface area (Å²) in [6, 6.07) is 3.59. The van der Waals surface area contributed by atoms with Gasteiger partial charge in [-0.05, 0) is 33.1 Å². The van der Waals surface area contributed by atoms with Crippen molar-refractivity contribution in [1.29, 1.82) is 0 Å². The number of rotatable bonds is 6. The molecule has 8 nitrogen and oxygen atoms in total. The molecule has 0 saturated heterocycles. The second-order valence-corrected chi connectivity index (χ2v) is 6.85. The van der Waals surface area contributed by atoms with E-state index in [1.54, 1.807) is 12.1 Å². The molecule has 8 heteroatoms. The van der Waals surface area contributed by atoms with Crippen molar-refractivity contribution in [2.75, 3.05) is 0 Å². The van der Waals surface area contributed by atoms with Gasteiger partial charge in [0.15, 0.2) is 0 Å². The van der Waals surface area contributed by atoms with Crippen molar-refractivity contribution in [2.24, 2.45) is 11.8 Å². The summed E-state index contributed by atoms with van der Waals surface area (Å²) in [5.74, 6) is 1.06. The summed E-state index contributed by atoms with van der Waals surface area (Å²) in [4.78, 5) is 24.8. The molecule has 1 aliphatic rings. The van der Waals surface area contributed by atoms with Gasteiger partial charge in [-0.15, -0.1) is 0 Å². The fraction of sp³-hybridized carbons (Fsp3) is 0.556. The van der Waals surface area contributed by atoms with Crippen LogP contribution in [0, 0.1) is 25.7 Å². The number of nitrogens with zero attached hydrogens (tertiary/aromatic N) is 2. The average molecular weight is 360 g/mol. The van der Waals surface area contributed by atoms with Crippen LogP contribution in [0.3, 0.4) is 0 Å². The standard InChI is InChI=1S/C18H24N4O4/c1-11-6-15(21-25-11)9-19-17(23)13-4-3-5-14(8-13)18(24)20-10-16-7-12(2)26-22-16/h6-7,13-14H,3-5,8-10H2,1-2H3,(H,19,23)(H,20,24). The smallest absolute Gasteiger partial charge is 0.223 e. The van der Waals surface area contributed by atoms with E-state index in [2.05, 4.69) is 20.9 Å². The molecular formula is C18H24N4O4. The van der Waals surface area contributed by atoms with Gasteiger partial charge in [-0.1, -0.05) is 16.7 Å². The molecule has 0 spiro atoms. The van der Waals surface area contributed by atoms with E-state index in [4.69, 9.17) is 9.05 Å². The minimum atomic E-state index is -0.151. The SMILES string of the molecule is Cc1cc(CNC(=O)C2CCCC(C(=O)NCc3cc(C)on3)C2)no1. The fourth-order valence-electron chi connectivity index (χ4n) is 3.31. The molecule has 1 aliphatic carbocycles. The number of amides is 2. The zero-order valence-electron chi connectivity index (χ0n) is 15.1.